The Kier molecular flexibility index (Phi) is 2.68. The molecule has 1 aliphatic rings. The van der Waals surface area contributed by atoms with Gasteiger partial charge in [0.2, 0.25) is 5.91 Å². The van der Waals surface area contributed by atoms with Crippen molar-refractivity contribution in [2.75, 3.05) is 11.9 Å². The van der Waals surface area contributed by atoms with Gasteiger partial charge in [0.1, 0.15) is 5.82 Å². The van der Waals surface area contributed by atoms with Crippen LogP contribution in [-0.4, -0.2) is 18.5 Å². The topological polar surface area (TPSA) is 41.1 Å². The molecule has 0 unspecified atom stereocenters. The molecule has 1 aliphatic heterocycles. The largest absolute Gasteiger partial charge is 0.322 e. The molecule has 2 rings (SSSR count). The number of amides is 1. The Hall–Kier alpha value is -1.42. The predicted molar refractivity (Wildman–Crippen MR) is 56.2 cm³/mol. The highest BCUT2D eigenvalue weighted by Gasteiger charge is 2.24. The van der Waals surface area contributed by atoms with Gasteiger partial charge in [0, 0.05) is 0 Å². The molecule has 0 saturated carbocycles. The fraction of sp³-hybridized carbons (Fsp3) is 0.364. The van der Waals surface area contributed by atoms with Gasteiger partial charge in [0.25, 0.3) is 0 Å². The molecule has 1 atom stereocenters. The van der Waals surface area contributed by atoms with Crippen molar-refractivity contribution in [1.29, 1.82) is 0 Å². The minimum absolute atomic E-state index is 0.161. The number of aryl methyl sites for hydroxylation is 1. The molecule has 1 saturated heterocycles. The molecule has 3 nitrogen and oxygen atoms in total. The first kappa shape index (κ1) is 10.1. The summed E-state index contributed by atoms with van der Waals surface area (Å²) in [5, 5.41) is 5.54. The summed E-state index contributed by atoms with van der Waals surface area (Å²) in [5.74, 6) is -0.556. The molecule has 1 fully saturated rings. The molecule has 80 valence electrons. The zero-order valence-electron chi connectivity index (χ0n) is 8.51. The second-order valence-corrected chi connectivity index (χ2v) is 3.77. The molecule has 1 heterocycles. The van der Waals surface area contributed by atoms with Crippen LogP contribution in [0.4, 0.5) is 10.1 Å². The Morgan fingerprint density at radius 3 is 2.93 bits per heavy atom. The van der Waals surface area contributed by atoms with Crippen LogP contribution in [0.5, 0.6) is 0 Å². The molecule has 4 heteroatoms. The van der Waals surface area contributed by atoms with Gasteiger partial charge < -0.3 is 10.6 Å². The van der Waals surface area contributed by atoms with Gasteiger partial charge in [0.15, 0.2) is 0 Å². The smallest absolute Gasteiger partial charge is 0.241 e. The summed E-state index contributed by atoms with van der Waals surface area (Å²) in [7, 11) is 0. The minimum Gasteiger partial charge on any atom is -0.322 e. The van der Waals surface area contributed by atoms with Gasteiger partial charge in [-0.3, -0.25) is 4.79 Å². The SMILES string of the molecule is Cc1ccc(F)c(NC(=O)[C@H]2CCN2)c1. The second kappa shape index (κ2) is 3.98. The van der Waals surface area contributed by atoms with E-state index < -0.39 is 5.82 Å². The lowest BCUT2D eigenvalue weighted by Gasteiger charge is -2.26. The average molecular weight is 208 g/mol. The zero-order chi connectivity index (χ0) is 10.8. The van der Waals surface area contributed by atoms with Gasteiger partial charge in [-0.15, -0.1) is 0 Å². The van der Waals surface area contributed by atoms with E-state index in [1.807, 2.05) is 6.92 Å². The van der Waals surface area contributed by atoms with Crippen LogP contribution < -0.4 is 10.6 Å². The number of anilines is 1. The minimum atomic E-state index is -0.395. The first-order valence-electron chi connectivity index (χ1n) is 4.97. The van der Waals surface area contributed by atoms with Crippen LogP contribution in [-0.2, 0) is 4.79 Å². The van der Waals surface area contributed by atoms with Gasteiger partial charge in [0.05, 0.1) is 11.7 Å². The molecule has 0 aromatic heterocycles. The molecular formula is C11H13FN2O. The fourth-order valence-corrected chi connectivity index (χ4v) is 1.47. The van der Waals surface area contributed by atoms with E-state index in [9.17, 15) is 9.18 Å². The van der Waals surface area contributed by atoms with Crippen molar-refractivity contribution in [3.05, 3.63) is 29.6 Å². The second-order valence-electron chi connectivity index (χ2n) is 3.77. The molecule has 0 spiro atoms. The number of rotatable bonds is 2. The third-order valence-electron chi connectivity index (χ3n) is 2.52. The lowest BCUT2D eigenvalue weighted by atomic mass is 10.1. The van der Waals surface area contributed by atoms with Crippen molar-refractivity contribution in [1.82, 2.24) is 5.32 Å². The monoisotopic (exact) mass is 208 g/mol. The van der Waals surface area contributed by atoms with E-state index in [4.69, 9.17) is 0 Å². The number of benzene rings is 1. The molecule has 1 amide bonds. The highest BCUT2D eigenvalue weighted by molar-refractivity contribution is 5.95. The Morgan fingerprint density at radius 2 is 2.33 bits per heavy atom. The van der Waals surface area contributed by atoms with E-state index in [0.29, 0.717) is 0 Å². The lowest BCUT2D eigenvalue weighted by Crippen LogP contribution is -2.50. The Labute approximate surface area is 87.7 Å². The standard InChI is InChI=1S/C11H13FN2O/c1-7-2-3-8(12)10(6-7)14-11(15)9-4-5-13-9/h2-3,6,9,13H,4-5H2,1H3,(H,14,15)/t9-/m1/s1. The molecule has 0 radical (unpaired) electrons. The number of halogens is 1. The van der Waals surface area contributed by atoms with Crippen molar-refractivity contribution in [3.8, 4) is 0 Å². The maximum atomic E-state index is 13.3. The Bertz CT molecular complexity index is 388. The van der Waals surface area contributed by atoms with E-state index in [-0.39, 0.29) is 17.6 Å². The third-order valence-corrected chi connectivity index (χ3v) is 2.52. The molecule has 2 N–H and O–H groups in total. The zero-order valence-corrected chi connectivity index (χ0v) is 8.51. The molecular weight excluding hydrogens is 195 g/mol. The summed E-state index contributed by atoms with van der Waals surface area (Å²) < 4.78 is 13.3. The maximum absolute atomic E-state index is 13.3. The average Bonchev–Trinajstić information content (AvgIpc) is 2.08. The van der Waals surface area contributed by atoms with Crippen LogP contribution in [0.1, 0.15) is 12.0 Å². The first-order valence-corrected chi connectivity index (χ1v) is 4.97. The Morgan fingerprint density at radius 1 is 1.60 bits per heavy atom. The fourth-order valence-electron chi connectivity index (χ4n) is 1.47. The summed E-state index contributed by atoms with van der Waals surface area (Å²) in [6, 6.07) is 4.50. The number of carbonyl (C=O) groups excluding carboxylic acids is 1. The predicted octanol–water partition coefficient (Wildman–Crippen LogP) is 1.43. The molecule has 1 aromatic rings. The Balaban J connectivity index is 2.09. The summed E-state index contributed by atoms with van der Waals surface area (Å²) in [6.45, 7) is 2.71. The summed E-state index contributed by atoms with van der Waals surface area (Å²) >= 11 is 0. The van der Waals surface area contributed by atoms with Crippen molar-refractivity contribution < 1.29 is 9.18 Å². The molecule has 1 aromatic carbocycles. The highest BCUT2D eigenvalue weighted by Crippen LogP contribution is 2.16. The van der Waals surface area contributed by atoms with Crippen LogP contribution in [0.2, 0.25) is 0 Å². The van der Waals surface area contributed by atoms with Crippen molar-refractivity contribution in [3.63, 3.8) is 0 Å². The van der Waals surface area contributed by atoms with E-state index in [2.05, 4.69) is 10.6 Å². The summed E-state index contributed by atoms with van der Waals surface area (Å²) in [5.41, 5.74) is 1.18. The normalized spacial score (nSPS) is 19.5. The van der Waals surface area contributed by atoms with Crippen molar-refractivity contribution in [2.24, 2.45) is 0 Å². The van der Waals surface area contributed by atoms with E-state index in [1.165, 1.54) is 6.07 Å². The molecule has 0 aliphatic carbocycles. The van der Waals surface area contributed by atoms with Gasteiger partial charge in [-0.1, -0.05) is 6.07 Å². The van der Waals surface area contributed by atoms with Crippen LogP contribution in [0.3, 0.4) is 0 Å². The van der Waals surface area contributed by atoms with Crippen LogP contribution >= 0.6 is 0 Å². The number of carbonyl (C=O) groups is 1. The number of hydrogen-bond acceptors (Lipinski definition) is 2. The van der Waals surface area contributed by atoms with Gasteiger partial charge in [-0.05, 0) is 37.6 Å². The quantitative estimate of drug-likeness (QED) is 0.772. The van der Waals surface area contributed by atoms with Crippen LogP contribution in [0, 0.1) is 12.7 Å². The first-order chi connectivity index (χ1) is 7.16. The summed E-state index contributed by atoms with van der Waals surface area (Å²) in [4.78, 5) is 11.5. The van der Waals surface area contributed by atoms with E-state index in [0.717, 1.165) is 18.5 Å². The third kappa shape index (κ3) is 2.15. The molecule has 0 bridgehead atoms. The van der Waals surface area contributed by atoms with Crippen molar-refractivity contribution >= 4 is 11.6 Å². The van der Waals surface area contributed by atoms with E-state index in [1.54, 1.807) is 12.1 Å². The summed E-state index contributed by atoms with van der Waals surface area (Å²) in [6.07, 6.45) is 0.819. The van der Waals surface area contributed by atoms with Gasteiger partial charge in [-0.2, -0.15) is 0 Å². The van der Waals surface area contributed by atoms with Crippen LogP contribution in [0.15, 0.2) is 18.2 Å². The van der Waals surface area contributed by atoms with Gasteiger partial charge >= 0.3 is 0 Å². The lowest BCUT2D eigenvalue weighted by molar-refractivity contribution is -0.119. The van der Waals surface area contributed by atoms with Gasteiger partial charge in [-0.25, -0.2) is 4.39 Å². The number of hydrogen-bond donors (Lipinski definition) is 2. The van der Waals surface area contributed by atoms with Crippen molar-refractivity contribution in [2.45, 2.75) is 19.4 Å². The number of nitrogens with one attached hydrogen (secondary N) is 2. The molecule has 15 heavy (non-hydrogen) atoms. The van der Waals surface area contributed by atoms with Crippen LogP contribution in [0.25, 0.3) is 0 Å². The highest BCUT2D eigenvalue weighted by atomic mass is 19.1. The maximum Gasteiger partial charge on any atom is 0.241 e. The van der Waals surface area contributed by atoms with E-state index >= 15 is 0 Å².